The topological polar surface area (TPSA) is 46.9 Å². The molecule has 1 atom stereocenters. The maximum Gasteiger partial charge on any atom is 0.293 e. The molecule has 21 heavy (non-hydrogen) atoms. The van der Waals surface area contributed by atoms with Crippen molar-refractivity contribution in [3.8, 4) is 0 Å². The third-order valence-corrected chi connectivity index (χ3v) is 3.41. The van der Waals surface area contributed by atoms with Crippen LogP contribution in [0.3, 0.4) is 0 Å². The van der Waals surface area contributed by atoms with Crippen LogP contribution in [-0.2, 0) is 6.54 Å². The van der Waals surface area contributed by atoms with Crippen LogP contribution in [0, 0.1) is 5.92 Å². The molecule has 0 bridgehead atoms. The smallest absolute Gasteiger partial charge is 0.293 e. The lowest BCUT2D eigenvalue weighted by Gasteiger charge is -2.16. The van der Waals surface area contributed by atoms with Gasteiger partial charge in [-0.3, -0.25) is 4.79 Å². The summed E-state index contributed by atoms with van der Waals surface area (Å²) >= 11 is 6.00. The van der Waals surface area contributed by atoms with Gasteiger partial charge in [-0.2, -0.15) is 0 Å². The van der Waals surface area contributed by atoms with E-state index in [1.165, 1.54) is 0 Å². The van der Waals surface area contributed by atoms with Crippen molar-refractivity contribution in [3.63, 3.8) is 0 Å². The highest BCUT2D eigenvalue weighted by Crippen LogP contribution is 2.19. The van der Waals surface area contributed by atoms with Gasteiger partial charge in [0.2, 0.25) is 0 Å². The molecule has 1 heterocycles. The van der Waals surface area contributed by atoms with Crippen molar-refractivity contribution < 1.29 is 0 Å². The number of anilines is 1. The summed E-state index contributed by atoms with van der Waals surface area (Å²) in [5, 5.41) is 3.84. The molecule has 0 saturated heterocycles. The zero-order chi connectivity index (χ0) is 15.4. The fourth-order valence-electron chi connectivity index (χ4n) is 2.15. The molecule has 0 aliphatic carbocycles. The van der Waals surface area contributed by atoms with Crippen molar-refractivity contribution in [1.82, 2.24) is 9.55 Å². The highest BCUT2D eigenvalue weighted by Gasteiger charge is 2.11. The minimum atomic E-state index is -0.0971. The minimum Gasteiger partial charge on any atom is -0.359 e. The molecule has 1 aromatic heterocycles. The molecule has 0 fully saturated rings. The molecule has 4 nitrogen and oxygen atoms in total. The van der Waals surface area contributed by atoms with E-state index in [-0.39, 0.29) is 11.6 Å². The molecule has 0 aliphatic rings. The van der Waals surface area contributed by atoms with Crippen molar-refractivity contribution in [2.45, 2.75) is 33.4 Å². The van der Waals surface area contributed by atoms with Crippen molar-refractivity contribution in [3.05, 3.63) is 57.6 Å². The summed E-state index contributed by atoms with van der Waals surface area (Å²) in [6.07, 6.45) is 3.37. The summed E-state index contributed by atoms with van der Waals surface area (Å²) in [6.45, 7) is 6.82. The number of halogens is 1. The lowest BCUT2D eigenvalue weighted by molar-refractivity contribution is 0.509. The zero-order valence-electron chi connectivity index (χ0n) is 12.5. The highest BCUT2D eigenvalue weighted by atomic mass is 35.5. The fraction of sp³-hybridized carbons (Fsp3) is 0.375. The number of benzene rings is 1. The monoisotopic (exact) mass is 305 g/mol. The van der Waals surface area contributed by atoms with Gasteiger partial charge in [0.05, 0.1) is 6.04 Å². The van der Waals surface area contributed by atoms with Crippen LogP contribution in [-0.4, -0.2) is 9.55 Å². The first-order chi connectivity index (χ1) is 9.97. The lowest BCUT2D eigenvalue weighted by atomic mass is 10.1. The summed E-state index contributed by atoms with van der Waals surface area (Å²) in [4.78, 5) is 16.5. The predicted molar refractivity (Wildman–Crippen MR) is 86.8 cm³/mol. The molecule has 0 aliphatic heterocycles. The van der Waals surface area contributed by atoms with Gasteiger partial charge in [0.15, 0.2) is 5.82 Å². The summed E-state index contributed by atoms with van der Waals surface area (Å²) in [5.74, 6) is 0.772. The Morgan fingerprint density at radius 3 is 2.76 bits per heavy atom. The molecule has 2 aromatic rings. The SMILES string of the molecule is CC(C)Cn1ccnc(NC(C)c2cccc(Cl)c2)c1=O. The minimum absolute atomic E-state index is 0.0428. The number of nitrogens with one attached hydrogen (secondary N) is 1. The second-order valence-electron chi connectivity index (χ2n) is 5.55. The molecule has 0 saturated carbocycles. The van der Waals surface area contributed by atoms with Crippen LogP contribution in [0.4, 0.5) is 5.82 Å². The Bertz CT molecular complexity index is 667. The Hall–Kier alpha value is -1.81. The molecule has 1 aromatic carbocycles. The van der Waals surface area contributed by atoms with E-state index in [1.807, 2.05) is 31.2 Å². The first kappa shape index (κ1) is 15.6. The number of hydrogen-bond acceptors (Lipinski definition) is 3. The molecule has 2 rings (SSSR count). The maximum atomic E-state index is 12.4. The Kier molecular flexibility index (Phi) is 5.02. The van der Waals surface area contributed by atoms with Crippen molar-refractivity contribution in [1.29, 1.82) is 0 Å². The van der Waals surface area contributed by atoms with Gasteiger partial charge in [-0.25, -0.2) is 4.98 Å². The largest absolute Gasteiger partial charge is 0.359 e. The van der Waals surface area contributed by atoms with E-state index in [0.29, 0.717) is 23.3 Å². The first-order valence-corrected chi connectivity index (χ1v) is 7.42. The van der Waals surface area contributed by atoms with Crippen molar-refractivity contribution in [2.24, 2.45) is 5.92 Å². The molecule has 0 radical (unpaired) electrons. The molecule has 0 amide bonds. The van der Waals surface area contributed by atoms with Gasteiger partial charge < -0.3 is 9.88 Å². The molecule has 0 spiro atoms. The molecule has 1 N–H and O–H groups in total. The van der Waals surface area contributed by atoms with E-state index in [9.17, 15) is 4.79 Å². The summed E-state index contributed by atoms with van der Waals surface area (Å²) < 4.78 is 1.69. The van der Waals surface area contributed by atoms with E-state index < -0.39 is 0 Å². The van der Waals surface area contributed by atoms with Gasteiger partial charge in [-0.05, 0) is 30.5 Å². The standard InChI is InChI=1S/C16H20ClN3O/c1-11(2)10-20-8-7-18-15(16(20)21)19-12(3)13-5-4-6-14(17)9-13/h4-9,11-12H,10H2,1-3H3,(H,18,19). The normalized spacial score (nSPS) is 12.4. The van der Waals surface area contributed by atoms with Crippen LogP contribution in [0.1, 0.15) is 32.4 Å². The average molecular weight is 306 g/mol. The predicted octanol–water partition coefficient (Wildman–Crippen LogP) is 3.73. The number of rotatable bonds is 5. The van der Waals surface area contributed by atoms with E-state index in [4.69, 9.17) is 11.6 Å². The van der Waals surface area contributed by atoms with Gasteiger partial charge in [-0.1, -0.05) is 37.6 Å². The third-order valence-electron chi connectivity index (χ3n) is 3.18. The average Bonchev–Trinajstić information content (AvgIpc) is 2.42. The van der Waals surface area contributed by atoms with Gasteiger partial charge >= 0.3 is 0 Å². The highest BCUT2D eigenvalue weighted by molar-refractivity contribution is 6.30. The van der Waals surface area contributed by atoms with Crippen LogP contribution in [0.5, 0.6) is 0 Å². The Morgan fingerprint density at radius 1 is 1.33 bits per heavy atom. The summed E-state index contributed by atoms with van der Waals surface area (Å²) in [5.41, 5.74) is 0.919. The second-order valence-corrected chi connectivity index (χ2v) is 5.98. The van der Waals surface area contributed by atoms with Crippen LogP contribution >= 0.6 is 11.6 Å². The fourth-order valence-corrected chi connectivity index (χ4v) is 2.35. The quantitative estimate of drug-likeness (QED) is 0.915. The number of aromatic nitrogens is 2. The first-order valence-electron chi connectivity index (χ1n) is 7.05. The van der Waals surface area contributed by atoms with E-state index >= 15 is 0 Å². The van der Waals surface area contributed by atoms with E-state index in [1.54, 1.807) is 17.0 Å². The Morgan fingerprint density at radius 2 is 2.10 bits per heavy atom. The van der Waals surface area contributed by atoms with Gasteiger partial charge in [0.1, 0.15) is 0 Å². The summed E-state index contributed by atoms with van der Waals surface area (Å²) in [7, 11) is 0. The maximum absolute atomic E-state index is 12.4. The number of nitrogens with zero attached hydrogens (tertiary/aromatic N) is 2. The van der Waals surface area contributed by atoms with Crippen LogP contribution < -0.4 is 10.9 Å². The zero-order valence-corrected chi connectivity index (χ0v) is 13.3. The van der Waals surface area contributed by atoms with E-state index in [2.05, 4.69) is 24.1 Å². The molecular weight excluding hydrogens is 286 g/mol. The third kappa shape index (κ3) is 4.08. The Labute approximate surface area is 129 Å². The van der Waals surface area contributed by atoms with Crippen LogP contribution in [0.25, 0.3) is 0 Å². The van der Waals surface area contributed by atoms with Crippen LogP contribution in [0.15, 0.2) is 41.5 Å². The van der Waals surface area contributed by atoms with Crippen LogP contribution in [0.2, 0.25) is 5.02 Å². The van der Waals surface area contributed by atoms with Gasteiger partial charge in [0.25, 0.3) is 5.56 Å². The lowest BCUT2D eigenvalue weighted by Crippen LogP contribution is -2.26. The molecule has 112 valence electrons. The summed E-state index contributed by atoms with van der Waals surface area (Å²) in [6, 6.07) is 7.53. The Balaban J connectivity index is 2.21. The number of hydrogen-bond donors (Lipinski definition) is 1. The van der Waals surface area contributed by atoms with E-state index in [0.717, 1.165) is 5.56 Å². The molecular formula is C16H20ClN3O. The second kappa shape index (κ2) is 6.76. The van der Waals surface area contributed by atoms with Gasteiger partial charge in [0, 0.05) is 24.0 Å². The van der Waals surface area contributed by atoms with Crippen molar-refractivity contribution >= 4 is 17.4 Å². The molecule has 1 unspecified atom stereocenters. The van der Waals surface area contributed by atoms with Crippen molar-refractivity contribution in [2.75, 3.05) is 5.32 Å². The van der Waals surface area contributed by atoms with Gasteiger partial charge in [-0.15, -0.1) is 0 Å². The molecule has 5 heteroatoms.